The molecule has 20 heavy (non-hydrogen) atoms. The topological polar surface area (TPSA) is 63.4 Å². The molecule has 1 saturated carbocycles. The monoisotopic (exact) mass is 320 g/mol. The number of sulfone groups is 1. The van der Waals surface area contributed by atoms with Crippen LogP contribution in [0.25, 0.3) is 0 Å². The van der Waals surface area contributed by atoms with E-state index in [2.05, 4.69) is 18.7 Å². The molecular weight excluding hydrogens is 292 g/mol. The molecule has 0 aromatic carbocycles. The summed E-state index contributed by atoms with van der Waals surface area (Å²) in [4.78, 5) is 2.25. The van der Waals surface area contributed by atoms with Crippen LogP contribution in [0.2, 0.25) is 0 Å². The van der Waals surface area contributed by atoms with Gasteiger partial charge in [-0.2, -0.15) is 11.8 Å². The van der Waals surface area contributed by atoms with Crippen LogP contribution in [-0.4, -0.2) is 55.1 Å². The van der Waals surface area contributed by atoms with Gasteiger partial charge in [0, 0.05) is 36.4 Å². The van der Waals surface area contributed by atoms with E-state index in [0.29, 0.717) is 24.1 Å². The van der Waals surface area contributed by atoms with Crippen molar-refractivity contribution in [1.29, 1.82) is 0 Å². The van der Waals surface area contributed by atoms with Gasteiger partial charge in [0.25, 0.3) is 0 Å². The average Bonchev–Trinajstić information content (AvgIpc) is 2.41. The Balaban J connectivity index is 2.36. The summed E-state index contributed by atoms with van der Waals surface area (Å²) in [6.45, 7) is 5.93. The molecule has 2 fully saturated rings. The van der Waals surface area contributed by atoms with Gasteiger partial charge >= 0.3 is 0 Å². The third-order valence-electron chi connectivity index (χ3n) is 5.22. The zero-order chi connectivity index (χ0) is 15.0. The highest BCUT2D eigenvalue weighted by atomic mass is 32.2. The lowest BCUT2D eigenvalue weighted by Crippen LogP contribution is -2.66. The Morgan fingerprint density at radius 3 is 2.65 bits per heavy atom. The molecule has 4 unspecified atom stereocenters. The van der Waals surface area contributed by atoms with Crippen LogP contribution >= 0.6 is 11.8 Å². The molecule has 4 atom stereocenters. The largest absolute Gasteiger partial charge is 0.329 e. The van der Waals surface area contributed by atoms with Crippen LogP contribution in [0.15, 0.2) is 0 Å². The van der Waals surface area contributed by atoms with Gasteiger partial charge in [-0.25, -0.2) is 8.42 Å². The lowest BCUT2D eigenvalue weighted by molar-refractivity contribution is -0.00691. The number of rotatable bonds is 3. The van der Waals surface area contributed by atoms with Gasteiger partial charge in [-0.15, -0.1) is 0 Å². The van der Waals surface area contributed by atoms with E-state index in [9.17, 15) is 8.42 Å². The summed E-state index contributed by atoms with van der Waals surface area (Å²) >= 11 is 1.75. The molecule has 0 aromatic rings. The van der Waals surface area contributed by atoms with Crippen LogP contribution in [0.5, 0.6) is 0 Å². The highest BCUT2D eigenvalue weighted by Gasteiger charge is 2.49. The van der Waals surface area contributed by atoms with Gasteiger partial charge in [0.15, 0.2) is 9.84 Å². The molecule has 2 rings (SSSR count). The van der Waals surface area contributed by atoms with E-state index >= 15 is 0 Å². The van der Waals surface area contributed by atoms with Crippen molar-refractivity contribution >= 4 is 21.6 Å². The quantitative estimate of drug-likeness (QED) is 0.855. The first-order valence-electron chi connectivity index (χ1n) is 7.54. The van der Waals surface area contributed by atoms with E-state index in [4.69, 9.17) is 5.73 Å². The predicted octanol–water partition coefficient (Wildman–Crippen LogP) is 1.56. The molecule has 1 heterocycles. The molecule has 1 saturated heterocycles. The minimum atomic E-state index is -3.06. The van der Waals surface area contributed by atoms with E-state index in [0.717, 1.165) is 25.1 Å². The van der Waals surface area contributed by atoms with Crippen LogP contribution < -0.4 is 5.73 Å². The second-order valence-electron chi connectivity index (χ2n) is 6.65. The Hall–Kier alpha value is 0.220. The normalized spacial score (nSPS) is 40.7. The van der Waals surface area contributed by atoms with E-state index in [1.165, 1.54) is 12.7 Å². The molecular formula is C14H28N2O2S2. The van der Waals surface area contributed by atoms with Crippen molar-refractivity contribution in [2.75, 3.05) is 30.9 Å². The van der Waals surface area contributed by atoms with Crippen molar-refractivity contribution in [2.24, 2.45) is 17.6 Å². The first-order valence-corrected chi connectivity index (χ1v) is 10.7. The van der Waals surface area contributed by atoms with Gasteiger partial charge in [-0.1, -0.05) is 20.3 Å². The van der Waals surface area contributed by atoms with Gasteiger partial charge < -0.3 is 5.73 Å². The number of thioether (sulfide) groups is 1. The van der Waals surface area contributed by atoms with Crippen LogP contribution in [0, 0.1) is 11.8 Å². The first kappa shape index (κ1) is 16.6. The maximum atomic E-state index is 12.2. The smallest absolute Gasteiger partial charge is 0.164 e. The molecule has 1 aliphatic carbocycles. The Labute approximate surface area is 127 Å². The van der Waals surface area contributed by atoms with Crippen molar-refractivity contribution in [3.05, 3.63) is 0 Å². The Bertz CT molecular complexity index is 440. The standard InChI is InChI=1S/C14H28N2O2S2/c1-11-4-5-12(2)14(8-11,10-15)16-6-7-19-9-13(16)20(3,17)18/h11-13H,4-10,15H2,1-3H3. The number of hydrogen-bond acceptors (Lipinski definition) is 5. The molecule has 4 nitrogen and oxygen atoms in total. The second kappa shape index (κ2) is 6.15. The molecule has 2 aliphatic rings. The number of nitrogens with two attached hydrogens (primary N) is 1. The molecule has 0 spiro atoms. The minimum Gasteiger partial charge on any atom is -0.329 e. The summed E-state index contributed by atoms with van der Waals surface area (Å²) in [6, 6.07) is 0. The number of hydrogen-bond donors (Lipinski definition) is 1. The van der Waals surface area contributed by atoms with Crippen molar-refractivity contribution in [3.8, 4) is 0 Å². The van der Waals surface area contributed by atoms with Gasteiger partial charge in [-0.05, 0) is 24.7 Å². The van der Waals surface area contributed by atoms with E-state index in [1.54, 1.807) is 11.8 Å². The molecule has 1 aliphatic heterocycles. The highest BCUT2D eigenvalue weighted by molar-refractivity contribution is 8.00. The van der Waals surface area contributed by atoms with Crippen LogP contribution in [0.3, 0.4) is 0 Å². The molecule has 118 valence electrons. The molecule has 6 heteroatoms. The lowest BCUT2D eigenvalue weighted by atomic mass is 9.68. The van der Waals surface area contributed by atoms with Gasteiger partial charge in [0.1, 0.15) is 5.37 Å². The van der Waals surface area contributed by atoms with Crippen molar-refractivity contribution in [2.45, 2.75) is 44.0 Å². The maximum absolute atomic E-state index is 12.2. The zero-order valence-electron chi connectivity index (χ0n) is 12.8. The summed E-state index contributed by atoms with van der Waals surface area (Å²) in [5, 5.41) is -0.363. The van der Waals surface area contributed by atoms with Gasteiger partial charge in [0.05, 0.1) is 0 Å². The molecule has 0 bridgehead atoms. The molecule has 0 amide bonds. The minimum absolute atomic E-state index is 0.133. The van der Waals surface area contributed by atoms with Gasteiger partial charge in [-0.3, -0.25) is 4.90 Å². The van der Waals surface area contributed by atoms with Crippen molar-refractivity contribution in [1.82, 2.24) is 4.90 Å². The zero-order valence-corrected chi connectivity index (χ0v) is 14.5. The third-order valence-corrected chi connectivity index (χ3v) is 7.86. The van der Waals surface area contributed by atoms with Crippen LogP contribution in [0.4, 0.5) is 0 Å². The van der Waals surface area contributed by atoms with Crippen molar-refractivity contribution < 1.29 is 8.42 Å². The maximum Gasteiger partial charge on any atom is 0.164 e. The second-order valence-corrected chi connectivity index (χ2v) is 10.0. The lowest BCUT2D eigenvalue weighted by Gasteiger charge is -2.55. The Kier molecular flexibility index (Phi) is 5.10. The predicted molar refractivity (Wildman–Crippen MR) is 86.6 cm³/mol. The summed E-state index contributed by atoms with van der Waals surface area (Å²) in [6.07, 6.45) is 4.78. The SMILES string of the molecule is CC1CCC(C)C(CN)(N2CCSCC2S(C)(=O)=O)C1. The fourth-order valence-corrected chi connectivity index (χ4v) is 6.89. The summed E-state index contributed by atoms with van der Waals surface area (Å²) in [5.41, 5.74) is 6.05. The van der Waals surface area contributed by atoms with Crippen molar-refractivity contribution in [3.63, 3.8) is 0 Å². The van der Waals surface area contributed by atoms with Crippen LogP contribution in [0.1, 0.15) is 33.1 Å². The molecule has 0 aromatic heterocycles. The summed E-state index contributed by atoms with van der Waals surface area (Å²) in [7, 11) is -3.06. The fourth-order valence-electron chi connectivity index (χ4n) is 3.96. The molecule has 2 N–H and O–H groups in total. The Morgan fingerprint density at radius 1 is 1.35 bits per heavy atom. The van der Waals surface area contributed by atoms with E-state index in [-0.39, 0.29) is 10.9 Å². The first-order chi connectivity index (χ1) is 9.31. The van der Waals surface area contributed by atoms with E-state index in [1.807, 2.05) is 0 Å². The number of nitrogens with zero attached hydrogens (tertiary/aromatic N) is 1. The Morgan fingerprint density at radius 2 is 2.05 bits per heavy atom. The average molecular weight is 321 g/mol. The highest BCUT2D eigenvalue weighted by Crippen LogP contribution is 2.43. The fraction of sp³-hybridized carbons (Fsp3) is 1.00. The summed E-state index contributed by atoms with van der Waals surface area (Å²) < 4.78 is 24.4. The molecule has 0 radical (unpaired) electrons. The van der Waals surface area contributed by atoms with Gasteiger partial charge in [0.2, 0.25) is 0 Å². The van der Waals surface area contributed by atoms with E-state index < -0.39 is 9.84 Å². The third kappa shape index (κ3) is 3.03. The van der Waals surface area contributed by atoms with Crippen LogP contribution in [-0.2, 0) is 9.84 Å². The summed E-state index contributed by atoms with van der Waals surface area (Å²) in [5.74, 6) is 2.79.